The first-order valence-electron chi connectivity index (χ1n) is 5.48. The number of hydrogen-bond acceptors (Lipinski definition) is 2. The number of aliphatic hydroxyl groups is 1. The first-order valence-corrected chi connectivity index (χ1v) is 6.29. The predicted octanol–water partition coefficient (Wildman–Crippen LogP) is 4.17. The van der Waals surface area contributed by atoms with Gasteiger partial charge in [-0.25, -0.2) is 8.78 Å². The van der Waals surface area contributed by atoms with Crippen LogP contribution in [0.1, 0.15) is 18.6 Å². The zero-order valence-electron chi connectivity index (χ0n) is 9.73. The van der Waals surface area contributed by atoms with Gasteiger partial charge in [0.15, 0.2) is 0 Å². The topological polar surface area (TPSA) is 20.2 Å². The van der Waals surface area contributed by atoms with E-state index in [-0.39, 0.29) is 11.4 Å². The van der Waals surface area contributed by atoms with Gasteiger partial charge in [-0.15, -0.1) is 0 Å². The van der Waals surface area contributed by atoms with Gasteiger partial charge in [0.25, 0.3) is 0 Å². The van der Waals surface area contributed by atoms with Crippen molar-refractivity contribution in [3.63, 3.8) is 0 Å². The lowest BCUT2D eigenvalue weighted by Crippen LogP contribution is -1.98. The molecule has 2 rings (SSSR count). The quantitative estimate of drug-likeness (QED) is 0.899. The summed E-state index contributed by atoms with van der Waals surface area (Å²) in [7, 11) is 0. The van der Waals surface area contributed by atoms with Crippen molar-refractivity contribution in [2.24, 2.45) is 0 Å². The smallest absolute Gasteiger partial charge is 0.130 e. The summed E-state index contributed by atoms with van der Waals surface area (Å²) in [5.74, 6) is -0.790. The van der Waals surface area contributed by atoms with Gasteiger partial charge in [-0.2, -0.15) is 0 Å². The Balaban J connectivity index is 2.37. The summed E-state index contributed by atoms with van der Waals surface area (Å²) in [6, 6.07) is 10.7. The highest BCUT2D eigenvalue weighted by Crippen LogP contribution is 2.34. The molecule has 0 aromatic heterocycles. The minimum atomic E-state index is -0.901. The zero-order valence-corrected chi connectivity index (χ0v) is 10.5. The summed E-state index contributed by atoms with van der Waals surface area (Å²) in [4.78, 5) is 1.26. The third kappa shape index (κ3) is 2.89. The Hall–Kier alpha value is -1.39. The second-order valence-corrected chi connectivity index (χ2v) is 5.00. The molecule has 4 heteroatoms. The molecule has 0 saturated carbocycles. The molecule has 1 N–H and O–H groups in total. The monoisotopic (exact) mass is 266 g/mol. The van der Waals surface area contributed by atoms with E-state index in [0.717, 1.165) is 0 Å². The van der Waals surface area contributed by atoms with Gasteiger partial charge in [0.05, 0.1) is 6.10 Å². The van der Waals surface area contributed by atoms with E-state index < -0.39 is 11.9 Å². The Morgan fingerprint density at radius 1 is 1.11 bits per heavy atom. The molecule has 0 fully saturated rings. The third-order valence-electron chi connectivity index (χ3n) is 2.45. The normalized spacial score (nSPS) is 12.4. The molecule has 0 aliphatic carbocycles. The lowest BCUT2D eigenvalue weighted by atomic mass is 10.1. The molecule has 1 atom stereocenters. The number of aliphatic hydroxyl groups excluding tert-OH is 1. The van der Waals surface area contributed by atoms with Crippen LogP contribution < -0.4 is 0 Å². The maximum Gasteiger partial charge on any atom is 0.130 e. The highest BCUT2D eigenvalue weighted by Gasteiger charge is 2.14. The van der Waals surface area contributed by atoms with Crippen molar-refractivity contribution in [3.8, 4) is 0 Å². The molecule has 0 saturated heterocycles. The molecule has 1 nitrogen and oxygen atoms in total. The molecule has 2 aromatic rings. The predicted molar refractivity (Wildman–Crippen MR) is 67.6 cm³/mol. The second kappa shape index (κ2) is 5.50. The molecule has 0 aliphatic rings. The van der Waals surface area contributed by atoms with Gasteiger partial charge in [0.2, 0.25) is 0 Å². The Morgan fingerprint density at radius 2 is 1.83 bits per heavy atom. The molecule has 0 radical (unpaired) electrons. The van der Waals surface area contributed by atoms with Crippen LogP contribution in [-0.4, -0.2) is 5.11 Å². The average molecular weight is 266 g/mol. The van der Waals surface area contributed by atoms with Crippen molar-refractivity contribution in [1.29, 1.82) is 0 Å². The minimum Gasteiger partial charge on any atom is -0.389 e. The average Bonchev–Trinajstić information content (AvgIpc) is 2.28. The van der Waals surface area contributed by atoms with Crippen LogP contribution in [0.15, 0.2) is 52.3 Å². The standard InChI is InChI=1S/C14H12F2OS/c1-9(17)14-12(16)6-3-7-13(14)18-11-5-2-4-10(15)8-11/h2-9,17H,1H3/t9-/m0/s1. The van der Waals surface area contributed by atoms with E-state index in [1.165, 1.54) is 36.9 Å². The van der Waals surface area contributed by atoms with E-state index >= 15 is 0 Å². The van der Waals surface area contributed by atoms with Crippen LogP contribution in [0, 0.1) is 11.6 Å². The van der Waals surface area contributed by atoms with Crippen LogP contribution in [0.2, 0.25) is 0 Å². The van der Waals surface area contributed by atoms with Crippen molar-refractivity contribution >= 4 is 11.8 Å². The van der Waals surface area contributed by atoms with Gasteiger partial charge in [-0.1, -0.05) is 23.9 Å². The molecular weight excluding hydrogens is 254 g/mol. The molecule has 18 heavy (non-hydrogen) atoms. The lowest BCUT2D eigenvalue weighted by Gasteiger charge is -2.12. The van der Waals surface area contributed by atoms with Gasteiger partial charge in [0, 0.05) is 15.4 Å². The van der Waals surface area contributed by atoms with E-state index in [9.17, 15) is 13.9 Å². The number of benzene rings is 2. The maximum absolute atomic E-state index is 13.6. The number of rotatable bonds is 3. The molecular formula is C14H12F2OS. The summed E-state index contributed by atoms with van der Waals surface area (Å²) in [5, 5.41) is 9.59. The van der Waals surface area contributed by atoms with Crippen LogP contribution in [-0.2, 0) is 0 Å². The highest BCUT2D eigenvalue weighted by molar-refractivity contribution is 7.99. The molecule has 2 aromatic carbocycles. The van der Waals surface area contributed by atoms with Crippen LogP contribution in [0.25, 0.3) is 0 Å². The fourth-order valence-electron chi connectivity index (χ4n) is 1.67. The largest absolute Gasteiger partial charge is 0.389 e. The van der Waals surface area contributed by atoms with E-state index in [2.05, 4.69) is 0 Å². The van der Waals surface area contributed by atoms with Crippen molar-refractivity contribution in [2.75, 3.05) is 0 Å². The Morgan fingerprint density at radius 3 is 2.50 bits per heavy atom. The zero-order chi connectivity index (χ0) is 13.1. The highest BCUT2D eigenvalue weighted by atomic mass is 32.2. The maximum atomic E-state index is 13.6. The molecule has 0 amide bonds. The second-order valence-electron chi connectivity index (χ2n) is 3.89. The van der Waals surface area contributed by atoms with E-state index in [1.54, 1.807) is 24.3 Å². The summed E-state index contributed by atoms with van der Waals surface area (Å²) in [6.07, 6.45) is -0.901. The van der Waals surface area contributed by atoms with Gasteiger partial charge in [-0.3, -0.25) is 0 Å². The van der Waals surface area contributed by atoms with Crippen LogP contribution in [0.3, 0.4) is 0 Å². The van der Waals surface area contributed by atoms with Gasteiger partial charge in [-0.05, 0) is 37.3 Å². The number of hydrogen-bond donors (Lipinski definition) is 1. The molecule has 0 heterocycles. The fraction of sp³-hybridized carbons (Fsp3) is 0.143. The summed E-state index contributed by atoms with van der Waals surface area (Å²) >= 11 is 1.23. The van der Waals surface area contributed by atoms with Crippen molar-refractivity contribution in [3.05, 3.63) is 59.7 Å². The third-order valence-corrected chi connectivity index (χ3v) is 3.52. The summed E-state index contributed by atoms with van der Waals surface area (Å²) in [6.45, 7) is 1.51. The summed E-state index contributed by atoms with van der Waals surface area (Å²) in [5.41, 5.74) is 0.242. The lowest BCUT2D eigenvalue weighted by molar-refractivity contribution is 0.191. The molecule has 0 spiro atoms. The Bertz CT molecular complexity index is 555. The Labute approximate surface area is 108 Å². The minimum absolute atomic E-state index is 0.242. The molecule has 94 valence electrons. The van der Waals surface area contributed by atoms with E-state index in [0.29, 0.717) is 9.79 Å². The van der Waals surface area contributed by atoms with E-state index in [1.807, 2.05) is 0 Å². The first kappa shape index (κ1) is 13.1. The fourth-order valence-corrected chi connectivity index (χ4v) is 2.77. The number of halogens is 2. The van der Waals surface area contributed by atoms with Gasteiger partial charge < -0.3 is 5.11 Å². The molecule has 0 bridgehead atoms. The SMILES string of the molecule is C[C@H](O)c1c(F)cccc1Sc1cccc(F)c1. The van der Waals surface area contributed by atoms with Gasteiger partial charge in [0.1, 0.15) is 11.6 Å². The van der Waals surface area contributed by atoms with Crippen LogP contribution in [0.4, 0.5) is 8.78 Å². The van der Waals surface area contributed by atoms with Crippen LogP contribution in [0.5, 0.6) is 0 Å². The van der Waals surface area contributed by atoms with Crippen molar-refractivity contribution in [2.45, 2.75) is 22.8 Å². The van der Waals surface area contributed by atoms with Crippen molar-refractivity contribution in [1.82, 2.24) is 0 Å². The summed E-state index contributed by atoms with van der Waals surface area (Å²) < 4.78 is 26.7. The van der Waals surface area contributed by atoms with Crippen molar-refractivity contribution < 1.29 is 13.9 Å². The molecule has 0 unspecified atom stereocenters. The molecule has 0 aliphatic heterocycles. The Kier molecular flexibility index (Phi) is 3.99. The van der Waals surface area contributed by atoms with E-state index in [4.69, 9.17) is 0 Å². The first-order chi connectivity index (χ1) is 8.58. The van der Waals surface area contributed by atoms with Gasteiger partial charge >= 0.3 is 0 Å². The van der Waals surface area contributed by atoms with Crippen LogP contribution >= 0.6 is 11.8 Å².